The maximum absolute atomic E-state index is 12.1. The van der Waals surface area contributed by atoms with Gasteiger partial charge in [-0.05, 0) is 5.56 Å². The maximum atomic E-state index is 12.1. The van der Waals surface area contributed by atoms with E-state index in [2.05, 4.69) is 0 Å². The van der Waals surface area contributed by atoms with E-state index in [1.54, 1.807) is 18.2 Å². The van der Waals surface area contributed by atoms with Gasteiger partial charge in [0.1, 0.15) is 11.9 Å². The monoisotopic (exact) mass is 246 g/mol. The van der Waals surface area contributed by atoms with Crippen molar-refractivity contribution < 1.29 is 4.79 Å². The van der Waals surface area contributed by atoms with E-state index in [-0.39, 0.29) is 17.6 Å². The van der Waals surface area contributed by atoms with Crippen LogP contribution in [-0.2, 0) is 6.42 Å². The van der Waals surface area contributed by atoms with Crippen molar-refractivity contribution in [2.45, 2.75) is 12.5 Å². The third-order valence-corrected chi connectivity index (χ3v) is 3.05. The first kappa shape index (κ1) is 12.1. The van der Waals surface area contributed by atoms with Crippen LogP contribution in [0.5, 0.6) is 0 Å². The summed E-state index contributed by atoms with van der Waals surface area (Å²) in [5.74, 6) is 4.93. The molecule has 0 heterocycles. The van der Waals surface area contributed by atoms with Crippen molar-refractivity contribution in [3.05, 3.63) is 34.9 Å². The Morgan fingerprint density at radius 2 is 2.00 bits per heavy atom. The molecule has 8 N–H and O–H groups in total. The number of carbonyl (C=O) groups excluding carboxylic acids is 1. The Kier molecular flexibility index (Phi) is 2.76. The number of nitrogen functional groups attached to an aromatic ring is 1. The lowest BCUT2D eigenvalue weighted by molar-refractivity contribution is 0.0906. The highest BCUT2D eigenvalue weighted by Gasteiger charge is 2.36. The van der Waals surface area contributed by atoms with E-state index in [9.17, 15) is 4.79 Å². The van der Waals surface area contributed by atoms with E-state index < -0.39 is 6.04 Å². The SMILES string of the molecule is N=C(N)c1cccc2c1CC(N(N)C(=N)N)C2=O. The topological polar surface area (TPSA) is 146 Å². The van der Waals surface area contributed by atoms with Crippen molar-refractivity contribution in [3.8, 4) is 0 Å². The Bertz CT molecular complexity index is 552. The number of hydrazine groups is 1. The van der Waals surface area contributed by atoms with Crippen LogP contribution in [0.15, 0.2) is 18.2 Å². The van der Waals surface area contributed by atoms with Gasteiger partial charge < -0.3 is 11.5 Å². The van der Waals surface area contributed by atoms with Crippen LogP contribution in [-0.4, -0.2) is 28.6 Å². The summed E-state index contributed by atoms with van der Waals surface area (Å²) in [6.45, 7) is 0. The summed E-state index contributed by atoms with van der Waals surface area (Å²) in [6.07, 6.45) is 0.306. The summed E-state index contributed by atoms with van der Waals surface area (Å²) in [5.41, 5.74) is 12.5. The third-order valence-electron chi connectivity index (χ3n) is 3.05. The summed E-state index contributed by atoms with van der Waals surface area (Å²) in [7, 11) is 0. The number of carbonyl (C=O) groups is 1. The largest absolute Gasteiger partial charge is 0.384 e. The number of benzene rings is 1. The van der Waals surface area contributed by atoms with Gasteiger partial charge in [0.15, 0.2) is 5.78 Å². The van der Waals surface area contributed by atoms with E-state index in [1.807, 2.05) is 0 Å². The van der Waals surface area contributed by atoms with Crippen LogP contribution in [0.2, 0.25) is 0 Å². The first-order valence-corrected chi connectivity index (χ1v) is 5.32. The number of nitrogens with zero attached hydrogens (tertiary/aromatic N) is 1. The van der Waals surface area contributed by atoms with Gasteiger partial charge in [-0.25, -0.2) is 5.84 Å². The predicted octanol–water partition coefficient (Wildman–Crippen LogP) is -0.853. The molecule has 7 nitrogen and oxygen atoms in total. The molecule has 0 aromatic heterocycles. The summed E-state index contributed by atoms with van der Waals surface area (Å²) in [5, 5.41) is 15.7. The average Bonchev–Trinajstić information content (AvgIpc) is 2.65. The number of Topliss-reactive ketones (excluding diaryl/α,β-unsaturated/α-hetero) is 1. The fourth-order valence-electron chi connectivity index (χ4n) is 2.15. The molecule has 0 saturated carbocycles. The van der Waals surface area contributed by atoms with Gasteiger partial charge in [0.05, 0.1) is 0 Å². The second-order valence-electron chi connectivity index (χ2n) is 4.12. The van der Waals surface area contributed by atoms with Gasteiger partial charge >= 0.3 is 0 Å². The Balaban J connectivity index is 2.44. The quantitative estimate of drug-likeness (QED) is 0.199. The minimum Gasteiger partial charge on any atom is -0.384 e. The Morgan fingerprint density at radius 1 is 1.33 bits per heavy atom. The summed E-state index contributed by atoms with van der Waals surface area (Å²) < 4.78 is 0. The molecular weight excluding hydrogens is 232 g/mol. The van der Waals surface area contributed by atoms with Crippen LogP contribution in [0.1, 0.15) is 21.5 Å². The third kappa shape index (κ3) is 1.70. The van der Waals surface area contributed by atoms with E-state index in [4.69, 9.17) is 28.1 Å². The van der Waals surface area contributed by atoms with Gasteiger partial charge in [-0.2, -0.15) is 0 Å². The van der Waals surface area contributed by atoms with Crippen LogP contribution in [0.3, 0.4) is 0 Å². The van der Waals surface area contributed by atoms with Crippen LogP contribution < -0.4 is 17.3 Å². The maximum Gasteiger partial charge on any atom is 0.203 e. The zero-order valence-electron chi connectivity index (χ0n) is 9.60. The zero-order valence-corrected chi connectivity index (χ0v) is 9.60. The van der Waals surface area contributed by atoms with Gasteiger partial charge in [0, 0.05) is 17.5 Å². The van der Waals surface area contributed by atoms with Gasteiger partial charge in [0.25, 0.3) is 0 Å². The number of nitrogens with one attached hydrogen (secondary N) is 2. The molecule has 0 saturated heterocycles. The predicted molar refractivity (Wildman–Crippen MR) is 67.2 cm³/mol. The number of fused-ring (bicyclic) bond motifs is 1. The number of guanidine groups is 1. The molecule has 94 valence electrons. The van der Waals surface area contributed by atoms with Crippen LogP contribution in [0.4, 0.5) is 0 Å². The van der Waals surface area contributed by atoms with Gasteiger partial charge in [-0.1, -0.05) is 18.2 Å². The molecule has 1 aliphatic carbocycles. The smallest absolute Gasteiger partial charge is 0.203 e. The second kappa shape index (κ2) is 4.11. The van der Waals surface area contributed by atoms with Crippen LogP contribution in [0, 0.1) is 10.8 Å². The van der Waals surface area contributed by atoms with E-state index >= 15 is 0 Å². The van der Waals surface area contributed by atoms with Crippen molar-refractivity contribution >= 4 is 17.6 Å². The standard InChI is InChI=1S/C11H14N6O/c12-10(13)6-3-1-2-5-7(6)4-8(9(5)18)17(16)11(14)15/h1-3,8H,4,16H2,(H3,12,13)(H3,14,15). The first-order valence-electron chi connectivity index (χ1n) is 5.32. The number of hydrogen-bond donors (Lipinski definition) is 5. The highest BCUT2D eigenvalue weighted by Crippen LogP contribution is 2.27. The summed E-state index contributed by atoms with van der Waals surface area (Å²) in [4.78, 5) is 12.1. The van der Waals surface area contributed by atoms with Crippen molar-refractivity contribution in [1.29, 1.82) is 10.8 Å². The average molecular weight is 246 g/mol. The molecule has 0 bridgehead atoms. The lowest BCUT2D eigenvalue weighted by Crippen LogP contribution is -2.51. The van der Waals surface area contributed by atoms with Crippen molar-refractivity contribution in [1.82, 2.24) is 5.01 Å². The number of nitrogens with two attached hydrogens (primary N) is 3. The van der Waals surface area contributed by atoms with Crippen LogP contribution >= 0.6 is 0 Å². The molecule has 1 atom stereocenters. The normalized spacial score (nSPS) is 17.4. The van der Waals surface area contributed by atoms with Gasteiger partial charge in [-0.3, -0.25) is 20.6 Å². The minimum atomic E-state index is -0.696. The molecular formula is C11H14N6O. The highest BCUT2D eigenvalue weighted by molar-refractivity contribution is 6.09. The van der Waals surface area contributed by atoms with Crippen molar-refractivity contribution in [3.63, 3.8) is 0 Å². The molecule has 0 aliphatic heterocycles. The van der Waals surface area contributed by atoms with E-state index in [0.29, 0.717) is 23.1 Å². The zero-order chi connectivity index (χ0) is 13.4. The molecule has 1 aromatic carbocycles. The van der Waals surface area contributed by atoms with Gasteiger partial charge in [0.2, 0.25) is 5.96 Å². The fourth-order valence-corrected chi connectivity index (χ4v) is 2.15. The molecule has 0 amide bonds. The minimum absolute atomic E-state index is 0.0910. The number of amidine groups is 1. The molecule has 0 spiro atoms. The van der Waals surface area contributed by atoms with E-state index in [1.165, 1.54) is 0 Å². The lowest BCUT2D eigenvalue weighted by atomic mass is 10.0. The highest BCUT2D eigenvalue weighted by atomic mass is 16.1. The number of rotatable bonds is 2. The molecule has 1 unspecified atom stereocenters. The molecule has 1 aromatic rings. The number of hydrogen-bond acceptors (Lipinski definition) is 4. The Labute approximate surface area is 104 Å². The van der Waals surface area contributed by atoms with Crippen molar-refractivity contribution in [2.24, 2.45) is 17.3 Å². The summed E-state index contributed by atoms with van der Waals surface area (Å²) >= 11 is 0. The molecule has 2 rings (SSSR count). The lowest BCUT2D eigenvalue weighted by Gasteiger charge is -2.21. The molecule has 7 heteroatoms. The fraction of sp³-hybridized carbons (Fsp3) is 0.182. The molecule has 0 radical (unpaired) electrons. The summed E-state index contributed by atoms with van der Waals surface area (Å²) in [6, 6.07) is 4.33. The number of ketones is 1. The van der Waals surface area contributed by atoms with Gasteiger partial charge in [-0.15, -0.1) is 0 Å². The molecule has 1 aliphatic rings. The molecule has 0 fully saturated rings. The molecule has 18 heavy (non-hydrogen) atoms. The Morgan fingerprint density at radius 3 is 2.56 bits per heavy atom. The van der Waals surface area contributed by atoms with Crippen molar-refractivity contribution in [2.75, 3.05) is 0 Å². The van der Waals surface area contributed by atoms with E-state index in [0.717, 1.165) is 5.01 Å². The first-order chi connectivity index (χ1) is 8.43. The van der Waals surface area contributed by atoms with Crippen LogP contribution in [0.25, 0.3) is 0 Å². The second-order valence-corrected chi connectivity index (χ2v) is 4.12. The Hall–Kier alpha value is -2.41.